The Morgan fingerprint density at radius 1 is 1.62 bits per heavy atom. The van der Waals surface area contributed by atoms with E-state index in [2.05, 4.69) is 10.6 Å². The molecule has 0 amide bonds. The Kier molecular flexibility index (Phi) is 5.58. The molecule has 1 rings (SSSR count). The molecule has 0 aromatic carbocycles. The van der Waals surface area contributed by atoms with E-state index in [4.69, 9.17) is 0 Å². The molecule has 1 aliphatic rings. The third-order valence-corrected chi connectivity index (χ3v) is 3.69. The average Bonchev–Trinajstić information content (AvgIpc) is 2.19. The van der Waals surface area contributed by atoms with Crippen molar-refractivity contribution >= 4 is 10.8 Å². The molecule has 2 N–H and O–H groups in total. The van der Waals surface area contributed by atoms with Crippen LogP contribution in [0.1, 0.15) is 19.8 Å². The predicted octanol–water partition coefficient (Wildman–Crippen LogP) is 0.0966. The summed E-state index contributed by atoms with van der Waals surface area (Å²) in [5, 5.41) is 6.78. The topological polar surface area (TPSA) is 41.1 Å². The lowest BCUT2D eigenvalue weighted by atomic mass is 10.1. The number of piperidine rings is 1. The minimum absolute atomic E-state index is 0.600. The first-order valence-corrected chi connectivity index (χ1v) is 6.60. The molecule has 2 atom stereocenters. The van der Waals surface area contributed by atoms with Crippen LogP contribution in [0.25, 0.3) is 0 Å². The minimum atomic E-state index is -0.614. The molecule has 1 heterocycles. The zero-order chi connectivity index (χ0) is 9.52. The Morgan fingerprint density at radius 3 is 3.08 bits per heavy atom. The Morgan fingerprint density at radius 2 is 2.46 bits per heavy atom. The van der Waals surface area contributed by atoms with Crippen LogP contribution in [0.4, 0.5) is 0 Å². The lowest BCUT2D eigenvalue weighted by Gasteiger charge is -2.23. The van der Waals surface area contributed by atoms with Crippen LogP contribution in [-0.4, -0.2) is 41.4 Å². The molecule has 3 nitrogen and oxygen atoms in total. The van der Waals surface area contributed by atoms with Crippen molar-refractivity contribution in [3.8, 4) is 0 Å². The van der Waals surface area contributed by atoms with E-state index in [9.17, 15) is 4.21 Å². The van der Waals surface area contributed by atoms with E-state index in [1.165, 1.54) is 12.8 Å². The molecule has 0 saturated carbocycles. The van der Waals surface area contributed by atoms with Gasteiger partial charge in [-0.25, -0.2) is 0 Å². The zero-order valence-corrected chi connectivity index (χ0v) is 9.16. The quantitative estimate of drug-likeness (QED) is 0.667. The van der Waals surface area contributed by atoms with Gasteiger partial charge in [0.25, 0.3) is 0 Å². The molecule has 0 aliphatic carbocycles. The molecule has 2 unspecified atom stereocenters. The van der Waals surface area contributed by atoms with Gasteiger partial charge in [-0.3, -0.25) is 4.21 Å². The lowest BCUT2D eigenvalue weighted by Crippen LogP contribution is -2.44. The molecule has 78 valence electrons. The predicted molar refractivity (Wildman–Crippen MR) is 57.4 cm³/mol. The lowest BCUT2D eigenvalue weighted by molar-refractivity contribution is 0.397. The maximum atomic E-state index is 11.1. The summed E-state index contributed by atoms with van der Waals surface area (Å²) in [6.07, 6.45) is 2.51. The molecule has 1 fully saturated rings. The van der Waals surface area contributed by atoms with Crippen LogP contribution in [0.5, 0.6) is 0 Å². The summed E-state index contributed by atoms with van der Waals surface area (Å²) in [6.45, 7) is 5.09. The van der Waals surface area contributed by atoms with Crippen LogP contribution in [0.15, 0.2) is 0 Å². The van der Waals surface area contributed by atoms with Gasteiger partial charge in [-0.1, -0.05) is 6.92 Å². The van der Waals surface area contributed by atoms with Gasteiger partial charge in [0.1, 0.15) is 0 Å². The van der Waals surface area contributed by atoms with Gasteiger partial charge >= 0.3 is 0 Å². The highest BCUT2D eigenvalue weighted by Crippen LogP contribution is 2.00. The summed E-state index contributed by atoms with van der Waals surface area (Å²) in [5.74, 6) is 1.58. The molecule has 0 aromatic rings. The Balaban J connectivity index is 2.01. The van der Waals surface area contributed by atoms with Gasteiger partial charge in [0, 0.05) is 41.4 Å². The Labute approximate surface area is 83.1 Å². The van der Waals surface area contributed by atoms with Crippen LogP contribution in [0.3, 0.4) is 0 Å². The molecule has 0 radical (unpaired) electrons. The molecule has 13 heavy (non-hydrogen) atoms. The number of rotatable bonds is 5. The Bertz CT molecular complexity index is 158. The van der Waals surface area contributed by atoms with Crippen LogP contribution in [0, 0.1) is 0 Å². The van der Waals surface area contributed by atoms with Crippen molar-refractivity contribution in [2.75, 3.05) is 31.1 Å². The van der Waals surface area contributed by atoms with Gasteiger partial charge in [-0.2, -0.15) is 0 Å². The molecule has 0 bridgehead atoms. The second-order valence-electron chi connectivity index (χ2n) is 3.43. The van der Waals surface area contributed by atoms with Gasteiger partial charge in [-0.15, -0.1) is 0 Å². The number of hydrogen-bond acceptors (Lipinski definition) is 3. The maximum Gasteiger partial charge on any atom is 0.0360 e. The first-order chi connectivity index (χ1) is 6.33. The molecular formula is C9H20N2OS. The van der Waals surface area contributed by atoms with E-state index in [1.54, 1.807) is 0 Å². The first-order valence-electron chi connectivity index (χ1n) is 5.12. The van der Waals surface area contributed by atoms with E-state index >= 15 is 0 Å². The molecule has 1 aliphatic heterocycles. The highest BCUT2D eigenvalue weighted by atomic mass is 32.2. The summed E-state index contributed by atoms with van der Waals surface area (Å²) < 4.78 is 11.1. The summed E-state index contributed by atoms with van der Waals surface area (Å²) in [7, 11) is -0.614. The van der Waals surface area contributed by atoms with E-state index in [-0.39, 0.29) is 0 Å². The number of hydrogen-bond donors (Lipinski definition) is 2. The normalized spacial score (nSPS) is 25.8. The van der Waals surface area contributed by atoms with Gasteiger partial charge < -0.3 is 10.6 Å². The highest BCUT2D eigenvalue weighted by molar-refractivity contribution is 7.84. The fraction of sp³-hybridized carbons (Fsp3) is 1.00. The van der Waals surface area contributed by atoms with Gasteiger partial charge in [0.15, 0.2) is 0 Å². The third-order valence-electron chi connectivity index (χ3n) is 2.38. The van der Waals surface area contributed by atoms with Gasteiger partial charge in [-0.05, 0) is 19.4 Å². The van der Waals surface area contributed by atoms with Gasteiger partial charge in [0.2, 0.25) is 0 Å². The number of nitrogens with one attached hydrogen (secondary N) is 2. The van der Waals surface area contributed by atoms with Crippen LogP contribution < -0.4 is 10.6 Å². The summed E-state index contributed by atoms with van der Waals surface area (Å²) >= 11 is 0. The van der Waals surface area contributed by atoms with Crippen molar-refractivity contribution in [3.63, 3.8) is 0 Å². The third kappa shape index (κ3) is 4.74. The van der Waals surface area contributed by atoms with Gasteiger partial charge in [0.05, 0.1) is 0 Å². The van der Waals surface area contributed by atoms with E-state index in [0.717, 1.165) is 31.1 Å². The minimum Gasteiger partial charge on any atom is -0.315 e. The summed E-state index contributed by atoms with van der Waals surface area (Å²) in [6, 6.07) is 0.600. The molecule has 0 aromatic heterocycles. The summed E-state index contributed by atoms with van der Waals surface area (Å²) in [4.78, 5) is 0. The second-order valence-corrected chi connectivity index (χ2v) is 5.30. The van der Waals surface area contributed by atoms with E-state index in [0.29, 0.717) is 6.04 Å². The van der Waals surface area contributed by atoms with Crippen molar-refractivity contribution in [1.29, 1.82) is 0 Å². The van der Waals surface area contributed by atoms with Crippen molar-refractivity contribution in [2.45, 2.75) is 25.8 Å². The van der Waals surface area contributed by atoms with Crippen molar-refractivity contribution in [1.82, 2.24) is 10.6 Å². The second kappa shape index (κ2) is 6.51. The summed E-state index contributed by atoms with van der Waals surface area (Å²) in [5.41, 5.74) is 0. The molecule has 4 heteroatoms. The SMILES string of the molecule is CCS(=O)CCNC1CCCNC1. The van der Waals surface area contributed by atoms with Crippen molar-refractivity contribution in [2.24, 2.45) is 0 Å². The van der Waals surface area contributed by atoms with Crippen LogP contribution in [-0.2, 0) is 10.8 Å². The standard InChI is InChI=1S/C9H20N2OS/c1-2-13(12)7-6-11-9-4-3-5-10-8-9/h9-11H,2-8H2,1H3. The van der Waals surface area contributed by atoms with E-state index in [1.807, 2.05) is 6.92 Å². The molecule has 1 saturated heterocycles. The van der Waals surface area contributed by atoms with E-state index < -0.39 is 10.8 Å². The Hall–Kier alpha value is 0.0700. The first kappa shape index (κ1) is 11.1. The van der Waals surface area contributed by atoms with Crippen molar-refractivity contribution < 1.29 is 4.21 Å². The molecule has 0 spiro atoms. The largest absolute Gasteiger partial charge is 0.315 e. The smallest absolute Gasteiger partial charge is 0.0360 e. The monoisotopic (exact) mass is 204 g/mol. The van der Waals surface area contributed by atoms with Crippen molar-refractivity contribution in [3.05, 3.63) is 0 Å². The van der Waals surface area contributed by atoms with Crippen LogP contribution in [0.2, 0.25) is 0 Å². The molecular weight excluding hydrogens is 184 g/mol. The highest BCUT2D eigenvalue weighted by Gasteiger charge is 2.11. The maximum absolute atomic E-state index is 11.1. The van der Waals surface area contributed by atoms with Crippen LogP contribution >= 0.6 is 0 Å². The average molecular weight is 204 g/mol. The fourth-order valence-electron chi connectivity index (χ4n) is 1.55. The zero-order valence-electron chi connectivity index (χ0n) is 8.34. The fourth-order valence-corrected chi connectivity index (χ4v) is 2.18.